The van der Waals surface area contributed by atoms with Gasteiger partial charge in [0, 0.05) is 8.31 Å². The smallest absolute Gasteiger partial charge is 0.0209 e. The van der Waals surface area contributed by atoms with Gasteiger partial charge in [-0.1, -0.05) is 38.8 Å². The second kappa shape index (κ2) is 6.77. The van der Waals surface area contributed by atoms with Gasteiger partial charge in [-0.3, -0.25) is 0 Å². The Morgan fingerprint density at radius 3 is 2.78 bits per heavy atom. The fourth-order valence-electron chi connectivity index (χ4n) is 0.773. The number of rotatable bonds is 5. The second-order valence-corrected chi connectivity index (χ2v) is 19.7. The monoisotopic (exact) mass is 175 g/mol. The van der Waals surface area contributed by atoms with Gasteiger partial charge >= 0.3 is 0 Å². The SMILES string of the molecule is CCCC[CH][SiH](C)[SiH2][SiH3]. The average Bonchev–Trinajstić information content (AvgIpc) is 1.89. The van der Waals surface area contributed by atoms with E-state index in [1.807, 2.05) is 0 Å². The topological polar surface area (TPSA) is 0 Å². The molecule has 0 nitrogen and oxygen atoms in total. The fourth-order valence-corrected chi connectivity index (χ4v) is 6.62. The Morgan fingerprint density at radius 2 is 2.33 bits per heavy atom. The van der Waals surface area contributed by atoms with Crippen LogP contribution in [-0.2, 0) is 0 Å². The van der Waals surface area contributed by atoms with Crippen molar-refractivity contribution < 1.29 is 0 Å². The first kappa shape index (κ1) is 9.65. The highest BCUT2D eigenvalue weighted by molar-refractivity contribution is 7.32. The summed E-state index contributed by atoms with van der Waals surface area (Å²) in [7, 11) is 1.96. The van der Waals surface area contributed by atoms with Crippen LogP contribution in [0.4, 0.5) is 0 Å². The molecule has 0 N–H and O–H groups in total. The maximum atomic E-state index is 2.67. The summed E-state index contributed by atoms with van der Waals surface area (Å²) in [6.07, 6.45) is 4.24. The first-order chi connectivity index (χ1) is 4.31. The summed E-state index contributed by atoms with van der Waals surface area (Å²) in [6.45, 7) is 4.80. The molecule has 0 heterocycles. The van der Waals surface area contributed by atoms with Crippen molar-refractivity contribution in [2.75, 3.05) is 0 Å². The zero-order valence-electron chi connectivity index (χ0n) is 6.98. The van der Waals surface area contributed by atoms with Crippen molar-refractivity contribution in [1.29, 1.82) is 0 Å². The molecule has 1 unspecified atom stereocenters. The largest absolute Gasteiger partial charge is 0.0744 e. The minimum absolute atomic E-state index is 0.137. The molecular weight excluding hydrogens is 156 g/mol. The Labute approximate surface area is 65.9 Å². The van der Waals surface area contributed by atoms with Gasteiger partial charge in [-0.25, -0.2) is 0 Å². The molecule has 0 aliphatic carbocycles. The molecule has 0 aromatic carbocycles. The number of unbranched alkanes of at least 4 members (excludes halogenated alkanes) is 2. The quantitative estimate of drug-likeness (QED) is 0.398. The predicted octanol–water partition coefficient (Wildman–Crippen LogP) is -0.277. The van der Waals surface area contributed by atoms with E-state index < -0.39 is 0 Å². The van der Waals surface area contributed by atoms with E-state index in [0.717, 1.165) is 0 Å². The fraction of sp³-hybridized carbons (Fsp3) is 0.833. The van der Waals surface area contributed by atoms with Crippen LogP contribution in [0.5, 0.6) is 0 Å². The molecule has 0 bridgehead atoms. The summed E-state index contributed by atoms with van der Waals surface area (Å²) in [6, 6.07) is 2.67. The summed E-state index contributed by atoms with van der Waals surface area (Å²) in [5, 5.41) is 0. The summed E-state index contributed by atoms with van der Waals surface area (Å²) < 4.78 is 0. The van der Waals surface area contributed by atoms with Crippen LogP contribution in [0.1, 0.15) is 26.2 Å². The average molecular weight is 175 g/mol. The molecule has 0 amide bonds. The molecule has 0 rings (SSSR count). The molecule has 9 heavy (non-hydrogen) atoms. The van der Waals surface area contributed by atoms with E-state index in [1.54, 1.807) is 9.76 Å². The van der Waals surface area contributed by atoms with Crippen LogP contribution in [0, 0.1) is 6.04 Å². The molecule has 3 heteroatoms. The van der Waals surface area contributed by atoms with E-state index in [9.17, 15) is 0 Å². The Hall–Kier alpha value is 0.651. The predicted molar refractivity (Wildman–Crippen MR) is 55.3 cm³/mol. The van der Waals surface area contributed by atoms with Crippen LogP contribution in [0.3, 0.4) is 0 Å². The van der Waals surface area contributed by atoms with E-state index in [0.29, 0.717) is 8.55 Å². The zero-order chi connectivity index (χ0) is 7.11. The zero-order valence-corrected chi connectivity index (χ0v) is 11.6. The molecule has 0 spiro atoms. The number of hydrogen-bond donors (Lipinski definition) is 0. The van der Waals surface area contributed by atoms with E-state index in [2.05, 4.69) is 19.5 Å². The Bertz CT molecular complexity index is 56.3. The molecule has 0 saturated carbocycles. The van der Waals surface area contributed by atoms with Gasteiger partial charge in [0.15, 0.2) is 0 Å². The van der Waals surface area contributed by atoms with E-state index >= 15 is 0 Å². The normalized spacial score (nSPS) is 15.3. The van der Waals surface area contributed by atoms with Gasteiger partial charge in [0.1, 0.15) is 0 Å². The van der Waals surface area contributed by atoms with Crippen LogP contribution < -0.4 is 0 Å². The van der Waals surface area contributed by atoms with Crippen molar-refractivity contribution >= 4 is 26.6 Å². The highest BCUT2D eigenvalue weighted by atomic mass is 29.5. The molecule has 0 aliphatic heterocycles. The molecule has 1 atom stereocenters. The van der Waals surface area contributed by atoms with Crippen molar-refractivity contribution in [3.8, 4) is 0 Å². The van der Waals surface area contributed by atoms with Gasteiger partial charge in [-0.15, -0.1) is 0 Å². The lowest BCUT2D eigenvalue weighted by Crippen LogP contribution is -2.18. The van der Waals surface area contributed by atoms with Crippen molar-refractivity contribution in [3.63, 3.8) is 0 Å². The summed E-state index contributed by atoms with van der Waals surface area (Å²) in [5.41, 5.74) is 0. The highest BCUT2D eigenvalue weighted by Gasteiger charge is 1.98. The van der Waals surface area contributed by atoms with Crippen molar-refractivity contribution in [1.82, 2.24) is 0 Å². The molecule has 0 fully saturated rings. The summed E-state index contributed by atoms with van der Waals surface area (Å²) >= 11 is 0. The van der Waals surface area contributed by atoms with Gasteiger partial charge in [-0.05, 0) is 18.3 Å². The minimum atomic E-state index is -0.137. The van der Waals surface area contributed by atoms with Crippen LogP contribution in [-0.4, -0.2) is 26.6 Å². The van der Waals surface area contributed by atoms with Gasteiger partial charge in [0.25, 0.3) is 0 Å². The third-order valence-electron chi connectivity index (χ3n) is 1.77. The molecule has 55 valence electrons. The van der Waals surface area contributed by atoms with Gasteiger partial charge in [0.05, 0.1) is 0 Å². The number of hydrogen-bond acceptors (Lipinski definition) is 0. The molecule has 0 saturated heterocycles. The van der Waals surface area contributed by atoms with Crippen LogP contribution in [0.15, 0.2) is 0 Å². The lowest BCUT2D eigenvalue weighted by Gasteiger charge is -2.02. The molecule has 1 radical (unpaired) electrons. The lowest BCUT2D eigenvalue weighted by atomic mass is 10.3. The highest BCUT2D eigenvalue weighted by Crippen LogP contribution is 1.99. The van der Waals surface area contributed by atoms with Crippen LogP contribution >= 0.6 is 0 Å². The van der Waals surface area contributed by atoms with E-state index in [1.165, 1.54) is 19.3 Å². The van der Waals surface area contributed by atoms with Crippen molar-refractivity contribution in [2.24, 2.45) is 0 Å². The molecule has 0 aromatic heterocycles. The van der Waals surface area contributed by atoms with Gasteiger partial charge in [0.2, 0.25) is 0 Å². The Balaban J connectivity index is 2.88. The minimum Gasteiger partial charge on any atom is -0.0744 e. The third kappa shape index (κ3) is 6.54. The van der Waals surface area contributed by atoms with Crippen LogP contribution in [0.2, 0.25) is 6.55 Å². The maximum absolute atomic E-state index is 2.67. The van der Waals surface area contributed by atoms with Crippen molar-refractivity contribution in [2.45, 2.75) is 32.7 Å². The Morgan fingerprint density at radius 1 is 1.67 bits per heavy atom. The van der Waals surface area contributed by atoms with Crippen molar-refractivity contribution in [3.05, 3.63) is 6.04 Å². The van der Waals surface area contributed by atoms with E-state index in [4.69, 9.17) is 0 Å². The van der Waals surface area contributed by atoms with Crippen LogP contribution in [0.25, 0.3) is 0 Å². The lowest BCUT2D eigenvalue weighted by molar-refractivity contribution is 0.803. The summed E-state index contributed by atoms with van der Waals surface area (Å²) in [5.74, 6) is 0. The first-order valence-corrected chi connectivity index (χ1v) is 14.9. The molecular formula is C6H19Si3. The standard InChI is InChI=1S/C6H19Si3/c1-3-4-5-6-9(2)8-7/h6,9H,3-5,8H2,1-2,7H3. The van der Waals surface area contributed by atoms with Gasteiger partial charge in [-0.2, -0.15) is 0 Å². The first-order valence-electron chi connectivity index (χ1n) is 4.14. The second-order valence-electron chi connectivity index (χ2n) is 2.76. The Kier molecular flexibility index (Phi) is 7.26. The molecule has 0 aromatic rings. The van der Waals surface area contributed by atoms with E-state index in [-0.39, 0.29) is 8.31 Å². The molecule has 0 aliphatic rings. The third-order valence-corrected chi connectivity index (χ3v) is 20.7. The maximum Gasteiger partial charge on any atom is 0.0209 e. The van der Waals surface area contributed by atoms with Gasteiger partial charge < -0.3 is 0 Å². The summed E-state index contributed by atoms with van der Waals surface area (Å²) in [4.78, 5) is 0.